The van der Waals surface area contributed by atoms with E-state index in [-0.39, 0.29) is 6.03 Å². The molecule has 1 atom stereocenters. The molecule has 0 unspecified atom stereocenters. The van der Waals surface area contributed by atoms with Crippen LogP contribution in [0.5, 0.6) is 0 Å². The van der Waals surface area contributed by atoms with E-state index in [1.54, 1.807) is 41.9 Å². The normalized spacial score (nSPS) is 11.9. The Kier molecular flexibility index (Phi) is 5.46. The van der Waals surface area contributed by atoms with Crippen LogP contribution in [0.4, 0.5) is 10.5 Å². The molecule has 1 heterocycles. The summed E-state index contributed by atoms with van der Waals surface area (Å²) in [6.07, 6.45) is 2.50. The number of amides is 2. The second-order valence-electron chi connectivity index (χ2n) is 4.38. The number of aromatic nitrogens is 1. The zero-order chi connectivity index (χ0) is 15.2. The van der Waals surface area contributed by atoms with Gasteiger partial charge in [0.15, 0.2) is 0 Å². The monoisotopic (exact) mass is 323 g/mol. The molecule has 0 aliphatic heterocycles. The van der Waals surface area contributed by atoms with E-state index < -0.39 is 10.8 Å². The van der Waals surface area contributed by atoms with Gasteiger partial charge in [0.2, 0.25) is 0 Å². The fourth-order valence-corrected chi connectivity index (χ4v) is 3.00. The summed E-state index contributed by atoms with van der Waals surface area (Å²) in [7, 11) is -1.07. The van der Waals surface area contributed by atoms with Gasteiger partial charge in [0.25, 0.3) is 0 Å². The number of urea groups is 1. The lowest BCUT2D eigenvalue weighted by Crippen LogP contribution is -2.28. The van der Waals surface area contributed by atoms with Gasteiger partial charge >= 0.3 is 6.03 Å². The second kappa shape index (κ2) is 7.33. The Labute approximate surface area is 130 Å². The lowest BCUT2D eigenvalue weighted by Gasteiger charge is -2.07. The van der Waals surface area contributed by atoms with Gasteiger partial charge in [-0.1, -0.05) is 13.0 Å². The summed E-state index contributed by atoms with van der Waals surface area (Å²) in [4.78, 5) is 16.9. The molecule has 0 bridgehead atoms. The van der Waals surface area contributed by atoms with Crippen LogP contribution in [-0.4, -0.2) is 21.5 Å². The fraction of sp³-hybridized carbons (Fsp3) is 0.286. The summed E-state index contributed by atoms with van der Waals surface area (Å²) in [6.45, 7) is 2.44. The van der Waals surface area contributed by atoms with Crippen molar-refractivity contribution in [3.05, 3.63) is 40.3 Å². The Morgan fingerprint density at radius 1 is 1.43 bits per heavy atom. The molecule has 5 nitrogen and oxygen atoms in total. The van der Waals surface area contributed by atoms with Crippen LogP contribution in [0.2, 0.25) is 0 Å². The highest BCUT2D eigenvalue weighted by Gasteiger charge is 2.05. The van der Waals surface area contributed by atoms with Crippen LogP contribution >= 0.6 is 11.3 Å². The first kappa shape index (κ1) is 15.7. The van der Waals surface area contributed by atoms with Gasteiger partial charge < -0.3 is 10.6 Å². The summed E-state index contributed by atoms with van der Waals surface area (Å²) >= 11 is 1.59. The van der Waals surface area contributed by atoms with Gasteiger partial charge in [0.1, 0.15) is 0 Å². The molecule has 2 amide bonds. The molecule has 2 N–H and O–H groups in total. The minimum atomic E-state index is -1.07. The van der Waals surface area contributed by atoms with E-state index in [0.717, 1.165) is 17.1 Å². The molecule has 112 valence electrons. The van der Waals surface area contributed by atoms with Gasteiger partial charge in [-0.3, -0.25) is 4.21 Å². The first-order valence-electron chi connectivity index (χ1n) is 6.50. The third-order valence-electron chi connectivity index (χ3n) is 2.76. The van der Waals surface area contributed by atoms with Crippen molar-refractivity contribution in [3.63, 3.8) is 0 Å². The Bertz CT molecular complexity index is 655. The molecule has 0 spiro atoms. The Hall–Kier alpha value is -1.73. The number of benzene rings is 1. The number of carbonyl (C=O) groups excluding carboxylic acids is 1. The van der Waals surface area contributed by atoms with E-state index in [2.05, 4.69) is 15.6 Å². The highest BCUT2D eigenvalue weighted by molar-refractivity contribution is 7.84. The van der Waals surface area contributed by atoms with Gasteiger partial charge in [-0.05, 0) is 24.6 Å². The Balaban J connectivity index is 1.89. The lowest BCUT2D eigenvalue weighted by atomic mass is 10.3. The number of rotatable bonds is 5. The average molecular weight is 323 g/mol. The van der Waals surface area contributed by atoms with E-state index >= 15 is 0 Å². The number of hydrogen-bond acceptors (Lipinski definition) is 4. The van der Waals surface area contributed by atoms with Crippen LogP contribution in [-0.2, 0) is 23.8 Å². The van der Waals surface area contributed by atoms with Crippen molar-refractivity contribution >= 4 is 33.9 Å². The Morgan fingerprint density at radius 2 is 2.24 bits per heavy atom. The van der Waals surface area contributed by atoms with Crippen LogP contribution in [0.1, 0.15) is 17.6 Å². The molecule has 0 fully saturated rings. The quantitative estimate of drug-likeness (QED) is 0.889. The largest absolute Gasteiger partial charge is 0.332 e. The van der Waals surface area contributed by atoms with E-state index in [1.807, 2.05) is 12.3 Å². The zero-order valence-corrected chi connectivity index (χ0v) is 13.5. The molecular weight excluding hydrogens is 306 g/mol. The SMILES string of the molecule is CCc1nc(CNC(=O)Nc2cccc([S@](C)=O)c2)cs1. The standard InChI is InChI=1S/C14H17N3O2S2/c1-3-13-16-11(9-20-13)8-15-14(18)17-10-5-4-6-12(7-10)21(2)19/h4-7,9H,3,8H2,1-2H3,(H2,15,17,18)/t21-/m0/s1. The van der Waals surface area contributed by atoms with E-state index in [4.69, 9.17) is 0 Å². The van der Waals surface area contributed by atoms with Gasteiger partial charge in [0, 0.05) is 33.0 Å². The molecule has 21 heavy (non-hydrogen) atoms. The van der Waals surface area contributed by atoms with Crippen molar-refractivity contribution in [2.75, 3.05) is 11.6 Å². The highest BCUT2D eigenvalue weighted by Crippen LogP contribution is 2.13. The van der Waals surface area contributed by atoms with Crippen molar-refractivity contribution in [1.82, 2.24) is 10.3 Å². The van der Waals surface area contributed by atoms with Gasteiger partial charge in [0.05, 0.1) is 17.2 Å². The first-order valence-corrected chi connectivity index (χ1v) is 8.94. The molecule has 1 aromatic heterocycles. The maximum absolute atomic E-state index is 11.8. The minimum Gasteiger partial charge on any atom is -0.332 e. The zero-order valence-electron chi connectivity index (χ0n) is 11.9. The van der Waals surface area contributed by atoms with Crippen molar-refractivity contribution in [2.45, 2.75) is 24.8 Å². The Morgan fingerprint density at radius 3 is 2.90 bits per heavy atom. The number of carbonyl (C=O) groups is 1. The fourth-order valence-electron chi connectivity index (χ4n) is 1.69. The van der Waals surface area contributed by atoms with Gasteiger partial charge in [-0.25, -0.2) is 9.78 Å². The van der Waals surface area contributed by atoms with Crippen LogP contribution in [0.25, 0.3) is 0 Å². The number of aryl methyl sites for hydroxylation is 1. The van der Waals surface area contributed by atoms with Crippen molar-refractivity contribution in [3.8, 4) is 0 Å². The van der Waals surface area contributed by atoms with Crippen molar-refractivity contribution in [2.24, 2.45) is 0 Å². The van der Waals surface area contributed by atoms with E-state index in [9.17, 15) is 9.00 Å². The van der Waals surface area contributed by atoms with Crippen molar-refractivity contribution in [1.29, 1.82) is 0 Å². The molecule has 1 aromatic carbocycles. The molecule has 0 saturated carbocycles. The lowest BCUT2D eigenvalue weighted by molar-refractivity contribution is 0.251. The molecule has 2 aromatic rings. The molecular formula is C14H17N3O2S2. The molecule has 7 heteroatoms. The maximum atomic E-state index is 11.8. The van der Waals surface area contributed by atoms with Crippen LogP contribution < -0.4 is 10.6 Å². The summed E-state index contributed by atoms with van der Waals surface area (Å²) in [5, 5.41) is 8.48. The average Bonchev–Trinajstić information content (AvgIpc) is 2.93. The molecule has 0 saturated heterocycles. The van der Waals surface area contributed by atoms with E-state index in [1.165, 1.54) is 0 Å². The van der Waals surface area contributed by atoms with Gasteiger partial charge in [-0.2, -0.15) is 0 Å². The number of thiazole rings is 1. The molecule has 0 aliphatic rings. The minimum absolute atomic E-state index is 0.305. The van der Waals surface area contributed by atoms with Gasteiger partial charge in [-0.15, -0.1) is 11.3 Å². The predicted octanol–water partition coefficient (Wildman–Crippen LogP) is 2.76. The van der Waals surface area contributed by atoms with E-state index in [0.29, 0.717) is 17.1 Å². The molecule has 0 aliphatic carbocycles. The molecule has 0 radical (unpaired) electrons. The van der Waals surface area contributed by atoms with Crippen LogP contribution in [0.3, 0.4) is 0 Å². The smallest absolute Gasteiger partial charge is 0.319 e. The topological polar surface area (TPSA) is 71.1 Å². The third-order valence-corrected chi connectivity index (χ3v) is 4.72. The van der Waals surface area contributed by atoms with Crippen molar-refractivity contribution < 1.29 is 9.00 Å². The third kappa shape index (κ3) is 4.64. The summed E-state index contributed by atoms with van der Waals surface area (Å²) in [5.74, 6) is 0. The summed E-state index contributed by atoms with van der Waals surface area (Å²) < 4.78 is 11.4. The number of nitrogens with zero attached hydrogens (tertiary/aromatic N) is 1. The molecule has 2 rings (SSSR count). The first-order chi connectivity index (χ1) is 10.1. The van der Waals surface area contributed by atoms with Crippen LogP contribution in [0.15, 0.2) is 34.5 Å². The number of anilines is 1. The second-order valence-corrected chi connectivity index (χ2v) is 6.70. The summed E-state index contributed by atoms with van der Waals surface area (Å²) in [6, 6.07) is 6.68. The maximum Gasteiger partial charge on any atom is 0.319 e. The number of hydrogen-bond donors (Lipinski definition) is 2. The van der Waals surface area contributed by atoms with Crippen LogP contribution in [0, 0.1) is 0 Å². The number of nitrogens with one attached hydrogen (secondary N) is 2. The predicted molar refractivity (Wildman–Crippen MR) is 86.1 cm³/mol. The summed E-state index contributed by atoms with van der Waals surface area (Å²) in [5.41, 5.74) is 1.48. The highest BCUT2D eigenvalue weighted by atomic mass is 32.2.